The number of hydrogen-bond acceptors (Lipinski definition) is 6. The summed E-state index contributed by atoms with van der Waals surface area (Å²) in [5.41, 5.74) is 13.5. The number of carboxylic acids is 1. The SMILES string of the molecule is Nc1cc(N)cc(C/C=C(/C(=O)O)c2ccccc2OC(=O)c2ccc(OCCCC(F)(F)F)cc2)c1. The van der Waals surface area contributed by atoms with Crippen LogP contribution in [-0.4, -0.2) is 29.8 Å². The molecule has 0 aliphatic heterocycles. The predicted molar refractivity (Wildman–Crippen MR) is 133 cm³/mol. The van der Waals surface area contributed by atoms with E-state index in [9.17, 15) is 27.9 Å². The number of anilines is 2. The second-order valence-electron chi connectivity index (χ2n) is 8.11. The summed E-state index contributed by atoms with van der Waals surface area (Å²) in [6, 6.07) is 16.9. The zero-order valence-electron chi connectivity index (χ0n) is 19.6. The summed E-state index contributed by atoms with van der Waals surface area (Å²) >= 11 is 0. The van der Waals surface area contributed by atoms with Crippen molar-refractivity contribution in [2.24, 2.45) is 0 Å². The van der Waals surface area contributed by atoms with Crippen molar-refractivity contribution in [2.45, 2.75) is 25.4 Å². The number of alkyl halides is 3. The van der Waals surface area contributed by atoms with E-state index in [1.807, 2.05) is 0 Å². The second kappa shape index (κ2) is 12.0. The van der Waals surface area contributed by atoms with E-state index in [1.54, 1.807) is 30.3 Å². The Morgan fingerprint density at radius 2 is 1.59 bits per heavy atom. The highest BCUT2D eigenvalue weighted by Crippen LogP contribution is 2.28. The number of benzene rings is 3. The molecule has 7 nitrogen and oxygen atoms in total. The number of nitrogens with two attached hydrogens (primary N) is 2. The van der Waals surface area contributed by atoms with E-state index in [1.165, 1.54) is 42.5 Å². The molecule has 0 bridgehead atoms. The average Bonchev–Trinajstić information content (AvgIpc) is 2.82. The van der Waals surface area contributed by atoms with E-state index in [4.69, 9.17) is 20.9 Å². The molecule has 3 rings (SSSR count). The minimum Gasteiger partial charge on any atom is -0.494 e. The van der Waals surface area contributed by atoms with Crippen molar-refractivity contribution in [3.8, 4) is 11.5 Å². The molecule has 3 aromatic carbocycles. The maximum atomic E-state index is 12.7. The molecule has 0 aliphatic rings. The van der Waals surface area contributed by atoms with E-state index in [0.29, 0.717) is 22.7 Å². The molecular formula is C27H25F3N2O5. The lowest BCUT2D eigenvalue weighted by Crippen LogP contribution is -2.11. The first-order valence-corrected chi connectivity index (χ1v) is 11.2. The van der Waals surface area contributed by atoms with Crippen LogP contribution in [0, 0.1) is 0 Å². The Balaban J connectivity index is 1.72. The van der Waals surface area contributed by atoms with Crippen LogP contribution < -0.4 is 20.9 Å². The summed E-state index contributed by atoms with van der Waals surface area (Å²) in [6.45, 7) is -0.122. The van der Waals surface area contributed by atoms with Crippen LogP contribution in [-0.2, 0) is 11.2 Å². The number of allylic oxidation sites excluding steroid dienone is 1. The van der Waals surface area contributed by atoms with Gasteiger partial charge in [0.2, 0.25) is 0 Å². The molecule has 37 heavy (non-hydrogen) atoms. The third kappa shape index (κ3) is 8.31. The fourth-order valence-electron chi connectivity index (χ4n) is 3.48. The van der Waals surface area contributed by atoms with Gasteiger partial charge in [0, 0.05) is 23.4 Å². The lowest BCUT2D eigenvalue weighted by atomic mass is 10.0. The molecular weight excluding hydrogens is 489 g/mol. The van der Waals surface area contributed by atoms with E-state index >= 15 is 0 Å². The largest absolute Gasteiger partial charge is 0.494 e. The lowest BCUT2D eigenvalue weighted by Gasteiger charge is -2.12. The van der Waals surface area contributed by atoms with E-state index < -0.39 is 24.5 Å². The van der Waals surface area contributed by atoms with Gasteiger partial charge in [-0.25, -0.2) is 9.59 Å². The Morgan fingerprint density at radius 3 is 2.22 bits per heavy atom. The molecule has 5 N–H and O–H groups in total. The van der Waals surface area contributed by atoms with Crippen LogP contribution in [0.2, 0.25) is 0 Å². The molecule has 0 unspecified atom stereocenters. The first-order valence-electron chi connectivity index (χ1n) is 11.2. The molecule has 0 amide bonds. The van der Waals surface area contributed by atoms with Crippen LogP contribution in [0.15, 0.2) is 72.8 Å². The Hall–Kier alpha value is -4.47. The fraction of sp³-hybridized carbons (Fsp3) is 0.185. The minimum atomic E-state index is -4.24. The van der Waals surface area contributed by atoms with E-state index in [-0.39, 0.29) is 41.9 Å². The van der Waals surface area contributed by atoms with Crippen LogP contribution in [0.25, 0.3) is 5.57 Å². The monoisotopic (exact) mass is 514 g/mol. The Kier molecular flexibility index (Phi) is 8.78. The van der Waals surface area contributed by atoms with Crippen molar-refractivity contribution >= 4 is 28.9 Å². The number of carbonyl (C=O) groups excluding carboxylic acids is 1. The van der Waals surface area contributed by atoms with Gasteiger partial charge in [0.15, 0.2) is 0 Å². The number of nitrogen functional groups attached to an aromatic ring is 2. The number of aliphatic carboxylic acids is 1. The zero-order valence-corrected chi connectivity index (χ0v) is 19.6. The summed E-state index contributed by atoms with van der Waals surface area (Å²) in [7, 11) is 0. The normalized spacial score (nSPS) is 11.7. The summed E-state index contributed by atoms with van der Waals surface area (Å²) in [6.07, 6.45) is -3.67. The molecule has 0 aromatic heterocycles. The topological polar surface area (TPSA) is 125 Å². The molecule has 3 aromatic rings. The number of hydrogen-bond donors (Lipinski definition) is 3. The second-order valence-corrected chi connectivity index (χ2v) is 8.11. The Bertz CT molecular complexity index is 1270. The molecule has 0 saturated heterocycles. The lowest BCUT2D eigenvalue weighted by molar-refractivity contribution is -0.136. The molecule has 0 fully saturated rings. The van der Waals surface area contributed by atoms with Gasteiger partial charge in [0.05, 0.1) is 17.7 Å². The zero-order chi connectivity index (χ0) is 27.0. The van der Waals surface area contributed by atoms with Gasteiger partial charge in [0.1, 0.15) is 11.5 Å². The standard InChI is InChI=1S/C27H25F3N2O5/c28-27(29,30)12-3-13-36-21-9-7-18(8-10-21)26(35)37-24-5-2-1-4-22(24)23(25(33)34)11-6-17-14-19(31)16-20(32)15-17/h1-2,4-5,7-11,14-16H,3,6,12-13,31-32H2,(H,33,34)/b23-11+. The van der Waals surface area contributed by atoms with E-state index in [2.05, 4.69) is 0 Å². The fourth-order valence-corrected chi connectivity index (χ4v) is 3.48. The smallest absolute Gasteiger partial charge is 0.389 e. The van der Waals surface area contributed by atoms with Crippen LogP contribution >= 0.6 is 0 Å². The number of carbonyl (C=O) groups is 2. The molecule has 0 spiro atoms. The molecule has 0 heterocycles. The van der Waals surface area contributed by atoms with Crippen molar-refractivity contribution < 1.29 is 37.3 Å². The van der Waals surface area contributed by atoms with Gasteiger partial charge in [-0.2, -0.15) is 13.2 Å². The van der Waals surface area contributed by atoms with Gasteiger partial charge in [-0.3, -0.25) is 0 Å². The summed E-state index contributed by atoms with van der Waals surface area (Å²) in [5, 5.41) is 9.82. The minimum absolute atomic E-state index is 0.0423. The molecule has 194 valence electrons. The van der Waals surface area contributed by atoms with Crippen molar-refractivity contribution in [3.63, 3.8) is 0 Å². The molecule has 0 radical (unpaired) electrons. The highest BCUT2D eigenvalue weighted by molar-refractivity contribution is 6.16. The van der Waals surface area contributed by atoms with Gasteiger partial charge in [-0.15, -0.1) is 0 Å². The maximum Gasteiger partial charge on any atom is 0.389 e. The number of rotatable bonds is 10. The first-order chi connectivity index (χ1) is 17.5. The highest BCUT2D eigenvalue weighted by atomic mass is 19.4. The third-order valence-electron chi connectivity index (χ3n) is 5.15. The molecule has 0 saturated carbocycles. The highest BCUT2D eigenvalue weighted by Gasteiger charge is 2.26. The van der Waals surface area contributed by atoms with Crippen LogP contribution in [0.4, 0.5) is 24.5 Å². The van der Waals surface area contributed by atoms with Gasteiger partial charge in [-0.1, -0.05) is 24.3 Å². The quantitative estimate of drug-likeness (QED) is 0.107. The van der Waals surface area contributed by atoms with Gasteiger partial charge in [0.25, 0.3) is 0 Å². The van der Waals surface area contributed by atoms with Crippen LogP contribution in [0.3, 0.4) is 0 Å². The number of esters is 1. The number of halogens is 3. The van der Waals surface area contributed by atoms with Crippen molar-refractivity contribution in [2.75, 3.05) is 18.1 Å². The van der Waals surface area contributed by atoms with Crippen LogP contribution in [0.5, 0.6) is 11.5 Å². The average molecular weight is 515 g/mol. The van der Waals surface area contributed by atoms with Gasteiger partial charge < -0.3 is 26.0 Å². The number of carboxylic acid groups (broad SMARTS) is 1. The third-order valence-corrected chi connectivity index (χ3v) is 5.15. The Morgan fingerprint density at radius 1 is 0.946 bits per heavy atom. The van der Waals surface area contributed by atoms with Crippen LogP contribution in [0.1, 0.15) is 34.3 Å². The summed E-state index contributed by atoms with van der Waals surface area (Å²) in [5.74, 6) is -1.62. The molecule has 10 heteroatoms. The van der Waals surface area contributed by atoms with Crippen molar-refractivity contribution in [3.05, 3.63) is 89.5 Å². The molecule has 0 aliphatic carbocycles. The van der Waals surface area contributed by atoms with Gasteiger partial charge in [-0.05, 0) is 66.9 Å². The summed E-state index contributed by atoms with van der Waals surface area (Å²) < 4.78 is 47.4. The Labute approximate surface area is 211 Å². The van der Waals surface area contributed by atoms with Crippen molar-refractivity contribution in [1.82, 2.24) is 0 Å². The molecule has 0 atom stereocenters. The number of para-hydroxylation sites is 1. The van der Waals surface area contributed by atoms with Crippen molar-refractivity contribution in [1.29, 1.82) is 0 Å². The van der Waals surface area contributed by atoms with E-state index in [0.717, 1.165) is 0 Å². The maximum absolute atomic E-state index is 12.7. The summed E-state index contributed by atoms with van der Waals surface area (Å²) in [4.78, 5) is 24.7. The van der Waals surface area contributed by atoms with Gasteiger partial charge >= 0.3 is 18.1 Å². The predicted octanol–water partition coefficient (Wildman–Crippen LogP) is 5.50. The number of ether oxygens (including phenoxy) is 2. The first kappa shape index (κ1) is 27.1.